The number of rotatable bonds is 7. The average molecular weight is 673 g/mol. The second kappa shape index (κ2) is 12.1. The minimum atomic E-state index is -1.42. The molecule has 4 aliphatic rings. The van der Waals surface area contributed by atoms with Gasteiger partial charge in [0, 0.05) is 16.5 Å². The van der Waals surface area contributed by atoms with Gasteiger partial charge >= 0.3 is 0 Å². The van der Waals surface area contributed by atoms with Crippen LogP contribution >= 0.6 is 11.6 Å². The molecule has 49 heavy (non-hydrogen) atoms. The molecule has 0 unspecified atom stereocenters. The van der Waals surface area contributed by atoms with Gasteiger partial charge in [-0.2, -0.15) is 0 Å². The number of carbonyl (C=O) groups excluding carboxylic acids is 4. The number of para-hydroxylation sites is 2. The monoisotopic (exact) mass is 672 g/mol. The zero-order valence-electron chi connectivity index (χ0n) is 26.4. The number of imide groups is 2. The molecule has 2 heterocycles. The van der Waals surface area contributed by atoms with Gasteiger partial charge in [-0.25, -0.2) is 4.90 Å². The fourth-order valence-corrected chi connectivity index (χ4v) is 9.11. The van der Waals surface area contributed by atoms with Gasteiger partial charge in [0.1, 0.15) is 12.4 Å². The molecular formula is C40H33ClN2O6. The maximum Gasteiger partial charge on any atom is 0.246 e. The SMILES string of the molecule is O=C1[C@H]2[C@H](CC=C3[C@H]2C[C@H]2C(=O)N(c4cccc(Cl)c4)C(=O)[C@@]2(c2ccccc2)[C@H]3c2ccccc2OCCO)C(=O)N1c1ccccc1. The van der Waals surface area contributed by atoms with Gasteiger partial charge in [-0.1, -0.05) is 96.0 Å². The first-order chi connectivity index (χ1) is 23.9. The Balaban J connectivity index is 1.37. The van der Waals surface area contributed by atoms with Crippen LogP contribution in [0.15, 0.2) is 121 Å². The summed E-state index contributed by atoms with van der Waals surface area (Å²) in [5, 5.41) is 10.1. The summed E-state index contributed by atoms with van der Waals surface area (Å²) in [6.45, 7) is -0.189. The molecule has 0 spiro atoms. The highest BCUT2D eigenvalue weighted by Crippen LogP contribution is 2.65. The number of aliphatic hydroxyl groups is 1. The molecule has 0 aromatic heterocycles. The minimum Gasteiger partial charge on any atom is -0.491 e. The van der Waals surface area contributed by atoms with Crippen LogP contribution in [0.4, 0.5) is 11.4 Å². The van der Waals surface area contributed by atoms with Crippen LogP contribution in [0.5, 0.6) is 5.75 Å². The zero-order valence-corrected chi connectivity index (χ0v) is 27.2. The first-order valence-electron chi connectivity index (χ1n) is 16.5. The van der Waals surface area contributed by atoms with E-state index < -0.39 is 35.0 Å². The minimum absolute atomic E-state index is 0.0270. The van der Waals surface area contributed by atoms with E-state index in [1.54, 1.807) is 54.6 Å². The van der Waals surface area contributed by atoms with E-state index in [1.807, 2.05) is 60.7 Å². The average Bonchev–Trinajstić information content (AvgIpc) is 3.52. The molecule has 8 rings (SSSR count). The smallest absolute Gasteiger partial charge is 0.246 e. The van der Waals surface area contributed by atoms with E-state index in [4.69, 9.17) is 16.3 Å². The number of benzene rings is 4. The first-order valence-corrected chi connectivity index (χ1v) is 16.9. The van der Waals surface area contributed by atoms with E-state index >= 15 is 4.79 Å². The fraction of sp³-hybridized carbons (Fsp3) is 0.250. The summed E-state index contributed by atoms with van der Waals surface area (Å²) in [5.41, 5.74) is 1.65. The Bertz CT molecular complexity index is 2020. The molecule has 246 valence electrons. The Morgan fingerprint density at radius 1 is 0.755 bits per heavy atom. The van der Waals surface area contributed by atoms with E-state index in [0.29, 0.717) is 39.7 Å². The fourth-order valence-electron chi connectivity index (χ4n) is 8.93. The largest absolute Gasteiger partial charge is 0.491 e. The maximum atomic E-state index is 15.4. The van der Waals surface area contributed by atoms with Crippen molar-refractivity contribution in [1.82, 2.24) is 0 Å². The predicted molar refractivity (Wildman–Crippen MR) is 184 cm³/mol. The lowest BCUT2D eigenvalue weighted by Gasteiger charge is -2.51. The number of allylic oxidation sites excluding steroid dienone is 2. The highest BCUT2D eigenvalue weighted by Gasteiger charge is 2.70. The molecule has 0 radical (unpaired) electrons. The molecule has 2 aliphatic heterocycles. The van der Waals surface area contributed by atoms with Crippen molar-refractivity contribution in [2.75, 3.05) is 23.0 Å². The van der Waals surface area contributed by atoms with E-state index in [-0.39, 0.29) is 43.3 Å². The van der Waals surface area contributed by atoms with Crippen LogP contribution in [-0.2, 0) is 24.6 Å². The van der Waals surface area contributed by atoms with Gasteiger partial charge in [0.2, 0.25) is 23.6 Å². The third-order valence-corrected chi connectivity index (χ3v) is 11.0. The number of hydrogen-bond donors (Lipinski definition) is 1. The van der Waals surface area contributed by atoms with Crippen LogP contribution < -0.4 is 14.5 Å². The van der Waals surface area contributed by atoms with Crippen LogP contribution in [0, 0.1) is 23.7 Å². The Hall–Kier alpha value is -5.05. The third-order valence-electron chi connectivity index (χ3n) is 10.8. The normalized spacial score (nSPS) is 27.5. The van der Waals surface area contributed by atoms with Gasteiger partial charge in [0.05, 0.1) is 41.2 Å². The lowest BCUT2D eigenvalue weighted by atomic mass is 9.49. The van der Waals surface area contributed by atoms with Crippen molar-refractivity contribution in [3.63, 3.8) is 0 Å². The van der Waals surface area contributed by atoms with Crippen LogP contribution in [-0.4, -0.2) is 41.9 Å². The quantitative estimate of drug-likeness (QED) is 0.189. The Labute approximate surface area is 288 Å². The Morgan fingerprint density at radius 3 is 2.18 bits per heavy atom. The molecule has 3 fully saturated rings. The maximum absolute atomic E-state index is 15.4. The number of nitrogens with zero attached hydrogens (tertiary/aromatic N) is 2. The molecule has 4 amide bonds. The predicted octanol–water partition coefficient (Wildman–Crippen LogP) is 6.08. The summed E-state index contributed by atoms with van der Waals surface area (Å²) in [5.74, 6) is -4.27. The van der Waals surface area contributed by atoms with Crippen molar-refractivity contribution < 1.29 is 29.0 Å². The molecule has 1 N–H and O–H groups in total. The van der Waals surface area contributed by atoms with Gasteiger partial charge in [0.25, 0.3) is 0 Å². The van der Waals surface area contributed by atoms with E-state index in [1.165, 1.54) is 9.80 Å². The lowest BCUT2D eigenvalue weighted by Crippen LogP contribution is -2.53. The molecule has 8 nitrogen and oxygen atoms in total. The number of carbonyl (C=O) groups is 4. The van der Waals surface area contributed by atoms with Gasteiger partial charge in [-0.3, -0.25) is 24.1 Å². The summed E-state index contributed by atoms with van der Waals surface area (Å²) < 4.78 is 6.10. The van der Waals surface area contributed by atoms with Crippen molar-refractivity contribution >= 4 is 46.6 Å². The number of amides is 4. The Kier molecular flexibility index (Phi) is 7.73. The number of ether oxygens (including phenoxy) is 1. The van der Waals surface area contributed by atoms with Crippen LogP contribution in [0.25, 0.3) is 0 Å². The molecule has 2 aliphatic carbocycles. The van der Waals surface area contributed by atoms with Crippen molar-refractivity contribution in [3.05, 3.63) is 137 Å². The summed E-state index contributed by atoms with van der Waals surface area (Å²) in [6, 6.07) is 32.4. The summed E-state index contributed by atoms with van der Waals surface area (Å²) in [6.07, 6.45) is 2.54. The van der Waals surface area contributed by atoms with Gasteiger partial charge < -0.3 is 9.84 Å². The molecule has 9 heteroatoms. The molecule has 4 aromatic carbocycles. The number of fused-ring (bicyclic) bond motifs is 4. The second-order valence-corrected chi connectivity index (χ2v) is 13.5. The summed E-state index contributed by atoms with van der Waals surface area (Å²) in [7, 11) is 0. The number of aliphatic hydroxyl groups excluding tert-OH is 1. The molecule has 2 saturated heterocycles. The zero-order chi connectivity index (χ0) is 33.9. The third kappa shape index (κ3) is 4.61. The lowest BCUT2D eigenvalue weighted by molar-refractivity contribution is -0.127. The topological polar surface area (TPSA) is 104 Å². The van der Waals surface area contributed by atoms with Crippen LogP contribution in [0.2, 0.25) is 5.02 Å². The Morgan fingerprint density at radius 2 is 1.45 bits per heavy atom. The van der Waals surface area contributed by atoms with E-state index in [9.17, 15) is 19.5 Å². The molecule has 1 saturated carbocycles. The van der Waals surface area contributed by atoms with Gasteiger partial charge in [-0.05, 0) is 60.7 Å². The summed E-state index contributed by atoms with van der Waals surface area (Å²) >= 11 is 6.40. The van der Waals surface area contributed by atoms with Gasteiger partial charge in [0.15, 0.2) is 0 Å². The first kappa shape index (κ1) is 31.2. The molecular weight excluding hydrogens is 640 g/mol. The van der Waals surface area contributed by atoms with Crippen molar-refractivity contribution in [2.45, 2.75) is 24.2 Å². The van der Waals surface area contributed by atoms with Crippen molar-refractivity contribution in [2.24, 2.45) is 23.7 Å². The second-order valence-electron chi connectivity index (χ2n) is 13.1. The molecule has 4 aromatic rings. The standard InChI is InChI=1S/C40H33ClN2O6/c41-25-12-9-15-27(22-25)43-37(46)32-23-31-28(18-19-30-34(31)38(47)42(36(30)45)26-13-5-2-6-14-26)35(29-16-7-8-17-33(29)49-21-20-44)40(32,39(43)48)24-10-3-1-4-11-24/h1-18,22,30-32,34-35,44H,19-21,23H2/t30-,31+,32-,34-,35+,40+/m0/s1. The molecule has 6 atom stereocenters. The molecule has 0 bridgehead atoms. The van der Waals surface area contributed by atoms with Crippen LogP contribution in [0.3, 0.4) is 0 Å². The highest BCUT2D eigenvalue weighted by molar-refractivity contribution is 6.32. The van der Waals surface area contributed by atoms with Crippen LogP contribution in [0.1, 0.15) is 29.9 Å². The van der Waals surface area contributed by atoms with Crippen molar-refractivity contribution in [3.8, 4) is 5.75 Å². The van der Waals surface area contributed by atoms with Crippen molar-refractivity contribution in [1.29, 1.82) is 0 Å². The summed E-state index contributed by atoms with van der Waals surface area (Å²) in [4.78, 5) is 61.2. The highest BCUT2D eigenvalue weighted by atomic mass is 35.5. The number of anilines is 2. The van der Waals surface area contributed by atoms with Gasteiger partial charge in [-0.15, -0.1) is 0 Å². The van der Waals surface area contributed by atoms with E-state index in [0.717, 1.165) is 5.57 Å². The van der Waals surface area contributed by atoms with E-state index in [2.05, 4.69) is 0 Å². The number of hydrogen-bond acceptors (Lipinski definition) is 6. The number of halogens is 1.